The molecule has 4 aromatic rings. The summed E-state index contributed by atoms with van der Waals surface area (Å²) in [6.07, 6.45) is 0.669. The zero-order valence-corrected chi connectivity index (χ0v) is 47.3. The summed E-state index contributed by atoms with van der Waals surface area (Å²) in [7, 11) is -9.45. The summed E-state index contributed by atoms with van der Waals surface area (Å²) in [5, 5.41) is 46.2. The molecule has 0 fully saturated rings. The summed E-state index contributed by atoms with van der Waals surface area (Å²) in [5.41, 5.74) is 1.25. The van der Waals surface area contributed by atoms with Crippen molar-refractivity contribution >= 4 is 67.6 Å². The Morgan fingerprint density at radius 1 is 0.688 bits per heavy atom. The predicted octanol–water partition coefficient (Wildman–Crippen LogP) is -10.2. The van der Waals surface area contributed by atoms with Crippen molar-refractivity contribution in [2.24, 2.45) is 0 Å². The maximum absolute atomic E-state index is 12.5. The van der Waals surface area contributed by atoms with Gasteiger partial charge in [-0.3, -0.25) is 0 Å². The molecule has 328 valence electrons. The van der Waals surface area contributed by atoms with Gasteiger partial charge >= 0.3 is 118 Å². The molecule has 26 heteroatoms. The second kappa shape index (κ2) is 29.8. The van der Waals surface area contributed by atoms with Crippen LogP contribution in [0.25, 0.3) is 12.2 Å². The van der Waals surface area contributed by atoms with Crippen LogP contribution in [0.5, 0.6) is 0 Å². The number of hydrogen-bond acceptors (Lipinski definition) is 20. The monoisotopic (exact) mass is 962 g/mol. The molecule has 0 aliphatic carbocycles. The van der Waals surface area contributed by atoms with Crippen LogP contribution in [0.1, 0.15) is 63.3 Å². The number of aryl methyl sites for hydroxylation is 2. The third-order valence-corrected chi connectivity index (χ3v) is 9.79. The molecule has 4 atom stereocenters. The number of anilines is 6. The Kier molecular flexibility index (Phi) is 29.4. The van der Waals surface area contributed by atoms with Gasteiger partial charge in [0.1, 0.15) is 21.8 Å². The minimum absolute atomic E-state index is 0. The molecule has 0 spiro atoms. The maximum Gasteiger partial charge on any atom is 1.00 e. The molecule has 4 unspecified atom stereocenters. The molecule has 0 bridgehead atoms. The Morgan fingerprint density at radius 2 is 1.16 bits per heavy atom. The molecule has 0 saturated carbocycles. The van der Waals surface area contributed by atoms with Gasteiger partial charge in [0.2, 0.25) is 23.8 Å². The Balaban J connectivity index is 0.00000992. The molecule has 2 aromatic heterocycles. The van der Waals surface area contributed by atoms with E-state index in [1.54, 1.807) is 67.8 Å². The van der Waals surface area contributed by atoms with E-state index in [1.807, 2.05) is 0 Å². The molecule has 0 amide bonds. The van der Waals surface area contributed by atoms with Gasteiger partial charge in [-0.25, -0.2) is 16.8 Å². The summed E-state index contributed by atoms with van der Waals surface area (Å²) in [5.74, 6) is 0.299. The van der Waals surface area contributed by atoms with Crippen LogP contribution >= 0.6 is 0 Å². The topological polar surface area (TPSA) is 303 Å². The Labute approximate surface area is 463 Å². The molecule has 0 aliphatic heterocycles. The second-order valence-corrected chi connectivity index (χ2v) is 17.1. The van der Waals surface area contributed by atoms with Crippen molar-refractivity contribution in [1.29, 1.82) is 0 Å². The van der Waals surface area contributed by atoms with Crippen molar-refractivity contribution in [3.63, 3.8) is 0 Å². The first kappa shape index (κ1) is 63.1. The average molecular weight is 963 g/mol. The number of aliphatic hydroxyl groups is 4. The van der Waals surface area contributed by atoms with Gasteiger partial charge in [0.25, 0.3) is 0 Å². The quantitative estimate of drug-likeness (QED) is 0.0174. The number of hydrogen-bond donors (Lipinski definition) is 6. The average Bonchev–Trinajstić information content (AvgIpc) is 3.12. The molecule has 0 radical (unpaired) electrons. The van der Waals surface area contributed by atoms with Crippen molar-refractivity contribution in [3.8, 4) is 0 Å². The van der Waals surface area contributed by atoms with Crippen LogP contribution in [0.15, 0.2) is 41.3 Å². The predicted molar refractivity (Wildman–Crippen MR) is 223 cm³/mol. The van der Waals surface area contributed by atoms with E-state index in [1.165, 1.54) is 12.1 Å². The smallest absolute Gasteiger partial charge is 0.748 e. The van der Waals surface area contributed by atoms with Gasteiger partial charge in [-0.2, -0.15) is 41.9 Å². The first-order valence-corrected chi connectivity index (χ1v) is 21.9. The van der Waals surface area contributed by atoms with Crippen LogP contribution in [-0.4, -0.2) is 133 Å². The van der Waals surface area contributed by atoms with Gasteiger partial charge in [-0.15, -0.1) is 30.3 Å². The Bertz CT molecular complexity index is 2280. The summed E-state index contributed by atoms with van der Waals surface area (Å²) in [4.78, 5) is 29.1. The second-order valence-electron chi connectivity index (χ2n) is 14.2. The van der Waals surface area contributed by atoms with E-state index in [2.05, 4.69) is 53.5 Å². The van der Waals surface area contributed by atoms with Gasteiger partial charge in [-0.05, 0) is 63.9 Å². The van der Waals surface area contributed by atoms with Gasteiger partial charge < -0.3 is 56.9 Å². The largest absolute Gasteiger partial charge is 1.00 e. The molecule has 2 aromatic carbocycles. The molecule has 4 rings (SSSR count). The first-order valence-electron chi connectivity index (χ1n) is 19.0. The summed E-state index contributed by atoms with van der Waals surface area (Å²) in [6, 6.07) is 12.0. The minimum atomic E-state index is -4.98. The van der Waals surface area contributed by atoms with Crippen molar-refractivity contribution in [1.82, 2.24) is 29.9 Å². The van der Waals surface area contributed by atoms with Gasteiger partial charge in [0, 0.05) is 44.0 Å². The zero-order valence-electron chi connectivity index (χ0n) is 37.6. The fourth-order valence-corrected chi connectivity index (χ4v) is 6.97. The molecular weight excluding hydrogens is 913 g/mol. The molecule has 0 aliphatic rings. The van der Waals surface area contributed by atoms with Gasteiger partial charge in [-0.1, -0.05) is 12.1 Å². The van der Waals surface area contributed by atoms with Crippen LogP contribution in [0, 0.1) is 13.0 Å². The van der Waals surface area contributed by atoms with E-state index in [4.69, 9.17) is 0 Å². The van der Waals surface area contributed by atoms with Crippen LogP contribution in [-0.2, 0) is 33.1 Å². The van der Waals surface area contributed by atoms with E-state index in [0.29, 0.717) is 29.9 Å². The molecule has 20 nitrogen and oxygen atoms in total. The van der Waals surface area contributed by atoms with Crippen molar-refractivity contribution in [3.05, 3.63) is 72.2 Å². The third kappa shape index (κ3) is 22.4. The van der Waals surface area contributed by atoms with E-state index in [9.17, 15) is 46.4 Å². The molecule has 6 N–H and O–H groups in total. The van der Waals surface area contributed by atoms with Crippen molar-refractivity contribution in [2.75, 3.05) is 52.4 Å². The standard InChI is InChI=1S/C38H52N10O10S2.4Na/c1-6-8-33-41-36(46-37(43-33)47(20-24(2)49)21-25(3)50)40-31-17-14-29(32(19-31)60(56,57)58)13-10-28-11-15-30(16-12-28)39-35-42-34(9-7-18-59(53,54)55)44-38(45-35)48(22-26(4)51)23-27(5)52;;;;/h10-11,13-17,19,24-27,49-52H,1,6-9,18,20-23H2,2-5H3,(H,53,54,55)(H,56,57,58)(H,39,42,44,45)(H,40,41,43,46);;;;/q-2;4*+1/p-2/b13-10+;;;;. The summed E-state index contributed by atoms with van der Waals surface area (Å²) >= 11 is 0. The SMILES string of the molecule is [CH2-]CCc1nc(Nc2ccc(/C=C/c3[c-]cc(Nc4nc(CCCS(=O)(=O)[O-])nc(N(CC(C)O)CC(C)O)n4)cc3)c(S(=O)(=O)[O-])c2)nc(N(CC(C)O)CC(C)O)n1.[Na+].[Na+].[Na+].[Na+]. The van der Waals surface area contributed by atoms with Crippen LogP contribution < -0.4 is 139 Å². The van der Waals surface area contributed by atoms with E-state index < -0.39 is 55.3 Å². The maximum atomic E-state index is 12.5. The molecule has 64 heavy (non-hydrogen) atoms. The van der Waals surface area contributed by atoms with E-state index >= 15 is 0 Å². The van der Waals surface area contributed by atoms with Crippen molar-refractivity contribution in [2.45, 2.75) is 82.7 Å². The number of rotatable bonds is 23. The van der Waals surface area contributed by atoms with Crippen LogP contribution in [0.4, 0.5) is 35.2 Å². The fraction of sp³-hybridized carbons (Fsp3) is 0.447. The van der Waals surface area contributed by atoms with Crippen molar-refractivity contribution < 1.29 is 165 Å². The normalized spacial score (nSPS) is 13.2. The minimum Gasteiger partial charge on any atom is -0.748 e. The Hall–Kier alpha value is -0.940. The van der Waals surface area contributed by atoms with Gasteiger partial charge in [0.05, 0.1) is 39.4 Å². The number of aliphatic hydroxyl groups excluding tert-OH is 4. The molecular formula is C38H50N10Na4O10S2. The van der Waals surface area contributed by atoms with E-state index in [-0.39, 0.29) is 198 Å². The fourth-order valence-electron chi connectivity index (χ4n) is 5.77. The molecule has 0 saturated heterocycles. The summed E-state index contributed by atoms with van der Waals surface area (Å²) < 4.78 is 70.9. The van der Waals surface area contributed by atoms with Crippen LogP contribution in [0.3, 0.4) is 0 Å². The first-order chi connectivity index (χ1) is 28.2. The zero-order chi connectivity index (χ0) is 44.2. The van der Waals surface area contributed by atoms with Gasteiger partial charge in [0.15, 0.2) is 0 Å². The Morgan fingerprint density at radius 3 is 1.58 bits per heavy atom. The number of nitrogens with one attached hydrogen (secondary N) is 2. The molecule has 2 heterocycles. The van der Waals surface area contributed by atoms with Crippen LogP contribution in [0.2, 0.25) is 0 Å². The number of nitrogens with zero attached hydrogens (tertiary/aromatic N) is 8. The summed E-state index contributed by atoms with van der Waals surface area (Å²) in [6.45, 7) is 10.5. The third-order valence-electron chi connectivity index (χ3n) is 8.11. The van der Waals surface area contributed by atoms with E-state index in [0.717, 1.165) is 6.07 Å². The number of benzene rings is 2. The number of aromatic nitrogens is 6.